The topological polar surface area (TPSA) is 78.3 Å². The fourth-order valence-corrected chi connectivity index (χ4v) is 4.00. The van der Waals surface area contributed by atoms with Gasteiger partial charge in [0.05, 0.1) is 29.4 Å². The largest absolute Gasteiger partial charge is 0.416 e. The zero-order valence-electron chi connectivity index (χ0n) is 18.1. The Morgan fingerprint density at radius 3 is 2.18 bits per heavy atom. The van der Waals surface area contributed by atoms with Crippen molar-refractivity contribution in [3.05, 3.63) is 81.2 Å². The molecule has 6 nitrogen and oxygen atoms in total. The Bertz CT molecular complexity index is 1070. The summed E-state index contributed by atoms with van der Waals surface area (Å²) in [5.41, 5.74) is 5.07. The van der Waals surface area contributed by atoms with Crippen LogP contribution in [0.5, 0.6) is 0 Å². The summed E-state index contributed by atoms with van der Waals surface area (Å²) >= 11 is 0. The van der Waals surface area contributed by atoms with Gasteiger partial charge < -0.3 is 9.64 Å². The molecule has 1 aliphatic heterocycles. The maximum Gasteiger partial charge on any atom is 0.416 e. The standard InChI is InChI=1S/C22H20F6N4O2/c1-13(14-8-16(21(23,24)25)10-17(9-14)22(26,27)28)34-12-20(15-6-4-3-5-7-15)11-18(30-31-29)19(33)32(20)2/h3-10,13,18H,11-12H2,1-2H3/t13-,18?,20-/m1/s1. The maximum absolute atomic E-state index is 13.2. The van der Waals surface area contributed by atoms with Crippen LogP contribution in [0.3, 0.4) is 0 Å². The lowest BCUT2D eigenvalue weighted by atomic mass is 9.87. The second-order valence-electron chi connectivity index (χ2n) is 8.01. The van der Waals surface area contributed by atoms with Gasteiger partial charge in [0.25, 0.3) is 0 Å². The molecule has 12 heteroatoms. The van der Waals surface area contributed by atoms with E-state index in [1.54, 1.807) is 30.3 Å². The number of halogens is 6. The van der Waals surface area contributed by atoms with Crippen LogP contribution in [0, 0.1) is 0 Å². The molecule has 34 heavy (non-hydrogen) atoms. The zero-order valence-corrected chi connectivity index (χ0v) is 18.1. The van der Waals surface area contributed by atoms with E-state index in [1.165, 1.54) is 18.9 Å². The number of carbonyl (C=O) groups is 1. The molecule has 1 heterocycles. The van der Waals surface area contributed by atoms with Crippen molar-refractivity contribution in [3.63, 3.8) is 0 Å². The van der Waals surface area contributed by atoms with Gasteiger partial charge in [-0.15, -0.1) is 0 Å². The fourth-order valence-electron chi connectivity index (χ4n) is 4.00. The molecule has 3 rings (SSSR count). The number of likely N-dealkylation sites (tertiary alicyclic amines) is 1. The normalized spacial score (nSPS) is 21.9. The van der Waals surface area contributed by atoms with Crippen LogP contribution in [0.4, 0.5) is 26.3 Å². The minimum Gasteiger partial charge on any atom is -0.371 e. The number of amides is 1. The molecule has 0 aromatic heterocycles. The molecule has 1 unspecified atom stereocenters. The molecule has 1 fully saturated rings. The summed E-state index contributed by atoms with van der Waals surface area (Å²) in [6.45, 7) is 1.07. The van der Waals surface area contributed by atoms with Crippen LogP contribution in [0.15, 0.2) is 53.6 Å². The molecule has 0 N–H and O–H groups in total. The number of rotatable bonds is 6. The second-order valence-corrected chi connectivity index (χ2v) is 8.01. The van der Waals surface area contributed by atoms with Crippen LogP contribution < -0.4 is 0 Å². The molecule has 0 radical (unpaired) electrons. The number of carbonyl (C=O) groups excluding carboxylic acids is 1. The van der Waals surface area contributed by atoms with E-state index < -0.39 is 47.1 Å². The molecule has 1 aliphatic rings. The molecule has 2 aromatic carbocycles. The van der Waals surface area contributed by atoms with E-state index in [2.05, 4.69) is 10.0 Å². The van der Waals surface area contributed by atoms with Gasteiger partial charge in [0.15, 0.2) is 0 Å². The maximum atomic E-state index is 13.2. The third-order valence-electron chi connectivity index (χ3n) is 5.94. The lowest BCUT2D eigenvalue weighted by Gasteiger charge is -2.37. The zero-order chi connectivity index (χ0) is 25.3. The van der Waals surface area contributed by atoms with Gasteiger partial charge >= 0.3 is 12.4 Å². The number of ether oxygens (including phenoxy) is 1. The van der Waals surface area contributed by atoms with Gasteiger partial charge in [-0.05, 0) is 48.2 Å². The average molecular weight is 486 g/mol. The molecular formula is C22H20F6N4O2. The quantitative estimate of drug-likeness (QED) is 0.210. The Morgan fingerprint density at radius 2 is 1.68 bits per heavy atom. The minimum atomic E-state index is -4.98. The van der Waals surface area contributed by atoms with Gasteiger partial charge in [0, 0.05) is 12.0 Å². The van der Waals surface area contributed by atoms with Crippen molar-refractivity contribution in [2.75, 3.05) is 13.7 Å². The Morgan fingerprint density at radius 1 is 1.12 bits per heavy atom. The highest BCUT2D eigenvalue weighted by Gasteiger charge is 2.50. The summed E-state index contributed by atoms with van der Waals surface area (Å²) in [5.74, 6) is -0.476. The van der Waals surface area contributed by atoms with Crippen molar-refractivity contribution in [3.8, 4) is 0 Å². The van der Waals surface area contributed by atoms with Crippen LogP contribution in [-0.4, -0.2) is 30.5 Å². The van der Waals surface area contributed by atoms with E-state index in [4.69, 9.17) is 10.3 Å². The smallest absolute Gasteiger partial charge is 0.371 e. The Hall–Kier alpha value is -3.24. The van der Waals surface area contributed by atoms with E-state index in [-0.39, 0.29) is 24.7 Å². The van der Waals surface area contributed by atoms with Crippen LogP contribution in [-0.2, 0) is 27.4 Å². The summed E-state index contributed by atoms with van der Waals surface area (Å²) in [4.78, 5) is 16.7. The van der Waals surface area contributed by atoms with Gasteiger partial charge in [-0.25, -0.2) is 0 Å². The van der Waals surface area contributed by atoms with Crippen molar-refractivity contribution in [2.45, 2.75) is 43.4 Å². The van der Waals surface area contributed by atoms with Crippen molar-refractivity contribution in [2.24, 2.45) is 5.11 Å². The van der Waals surface area contributed by atoms with Crippen molar-refractivity contribution in [1.82, 2.24) is 4.90 Å². The number of alkyl halides is 6. The van der Waals surface area contributed by atoms with Crippen LogP contribution >= 0.6 is 0 Å². The molecule has 0 bridgehead atoms. The van der Waals surface area contributed by atoms with Crippen molar-refractivity contribution in [1.29, 1.82) is 0 Å². The third kappa shape index (κ3) is 4.97. The first kappa shape index (κ1) is 25.4. The number of hydrogen-bond acceptors (Lipinski definition) is 3. The molecular weight excluding hydrogens is 466 g/mol. The Labute approximate surface area is 190 Å². The average Bonchev–Trinajstić information content (AvgIpc) is 3.02. The Kier molecular flexibility index (Phi) is 6.86. The summed E-state index contributed by atoms with van der Waals surface area (Å²) in [6, 6.07) is 8.83. The van der Waals surface area contributed by atoms with E-state index in [0.717, 1.165) is 0 Å². The highest BCUT2D eigenvalue weighted by atomic mass is 19.4. The highest BCUT2D eigenvalue weighted by molar-refractivity contribution is 5.85. The minimum absolute atomic E-state index is 0.0273. The van der Waals surface area contributed by atoms with E-state index in [1.807, 2.05) is 0 Å². The molecule has 0 saturated carbocycles. The van der Waals surface area contributed by atoms with Crippen LogP contribution in [0.25, 0.3) is 10.4 Å². The molecule has 0 aliphatic carbocycles. The lowest BCUT2D eigenvalue weighted by Crippen LogP contribution is -2.44. The first-order valence-corrected chi connectivity index (χ1v) is 10.1. The van der Waals surface area contributed by atoms with Crippen molar-refractivity contribution < 1.29 is 35.9 Å². The molecule has 182 valence electrons. The van der Waals surface area contributed by atoms with Crippen LogP contribution in [0.2, 0.25) is 0 Å². The van der Waals surface area contributed by atoms with E-state index in [0.29, 0.717) is 17.7 Å². The molecule has 3 atom stereocenters. The van der Waals surface area contributed by atoms with Gasteiger partial charge in [0.1, 0.15) is 6.04 Å². The van der Waals surface area contributed by atoms with Gasteiger partial charge in [0.2, 0.25) is 5.91 Å². The summed E-state index contributed by atoms with van der Waals surface area (Å²) in [6.07, 6.45) is -11.1. The predicted molar refractivity (Wildman–Crippen MR) is 109 cm³/mol. The molecule has 1 amide bonds. The number of likely N-dealkylation sites (N-methyl/N-ethyl adjacent to an activating group) is 1. The fraction of sp³-hybridized carbons (Fsp3) is 0.409. The monoisotopic (exact) mass is 486 g/mol. The molecule has 2 aromatic rings. The first-order valence-electron chi connectivity index (χ1n) is 10.1. The van der Waals surface area contributed by atoms with E-state index in [9.17, 15) is 31.1 Å². The first-order chi connectivity index (χ1) is 15.8. The summed E-state index contributed by atoms with van der Waals surface area (Å²) in [5, 5.41) is 3.52. The Balaban J connectivity index is 1.97. The van der Waals surface area contributed by atoms with Crippen molar-refractivity contribution >= 4 is 5.91 Å². The number of benzene rings is 2. The lowest BCUT2D eigenvalue weighted by molar-refractivity contribution is -0.143. The van der Waals surface area contributed by atoms with Crippen LogP contribution in [0.1, 0.15) is 41.7 Å². The number of nitrogens with zero attached hydrogens (tertiary/aromatic N) is 4. The van der Waals surface area contributed by atoms with E-state index >= 15 is 0 Å². The highest BCUT2D eigenvalue weighted by Crippen LogP contribution is 2.42. The molecule has 0 spiro atoms. The summed E-state index contributed by atoms with van der Waals surface area (Å²) < 4.78 is 85.2. The summed E-state index contributed by atoms with van der Waals surface area (Å²) in [7, 11) is 1.47. The molecule has 1 saturated heterocycles. The predicted octanol–water partition coefficient (Wildman–Crippen LogP) is 6.24. The number of azide groups is 1. The van der Waals surface area contributed by atoms with Gasteiger partial charge in [-0.3, -0.25) is 4.79 Å². The SMILES string of the molecule is C[C@@H](OC[C@@]1(c2ccccc2)CC(N=[N+]=[N-])C(=O)N1C)c1cc(C(F)(F)F)cc(C(F)(F)F)c1. The number of hydrogen-bond donors (Lipinski definition) is 0. The third-order valence-corrected chi connectivity index (χ3v) is 5.94. The second kappa shape index (κ2) is 9.19. The van der Waals surface area contributed by atoms with Gasteiger partial charge in [-0.1, -0.05) is 35.4 Å². The van der Waals surface area contributed by atoms with Gasteiger partial charge in [-0.2, -0.15) is 26.3 Å².